The van der Waals surface area contributed by atoms with Crippen molar-refractivity contribution >= 4 is 45.7 Å². The van der Waals surface area contributed by atoms with Crippen LogP contribution in [0.15, 0.2) is 52.9 Å². The summed E-state index contributed by atoms with van der Waals surface area (Å²) in [6, 6.07) is 12.9. The largest absolute Gasteiger partial charge is 0.325 e. The number of anilines is 2. The molecule has 9 heteroatoms. The molecular weight excluding hydrogens is 387 g/mol. The molecule has 27 heavy (non-hydrogen) atoms. The van der Waals surface area contributed by atoms with Crippen molar-refractivity contribution in [2.45, 2.75) is 11.3 Å². The summed E-state index contributed by atoms with van der Waals surface area (Å²) < 4.78 is 13.7. The number of rotatable bonds is 6. The molecule has 0 aliphatic rings. The Hall–Kier alpha value is -2.78. The number of carbonyl (C=O) groups excluding carboxylic acids is 2. The van der Waals surface area contributed by atoms with Gasteiger partial charge in [0, 0.05) is 11.3 Å². The highest BCUT2D eigenvalue weighted by molar-refractivity contribution is 8.01. The van der Waals surface area contributed by atoms with Crippen LogP contribution in [0.3, 0.4) is 0 Å². The molecule has 0 unspecified atom stereocenters. The van der Waals surface area contributed by atoms with Crippen LogP contribution in [0.2, 0.25) is 0 Å². The Kier molecular flexibility index (Phi) is 6.15. The van der Waals surface area contributed by atoms with Crippen LogP contribution in [-0.2, 0) is 4.79 Å². The lowest BCUT2D eigenvalue weighted by molar-refractivity contribution is -0.113. The first-order valence-electron chi connectivity index (χ1n) is 7.89. The van der Waals surface area contributed by atoms with Crippen molar-refractivity contribution in [3.05, 3.63) is 65.5 Å². The first kappa shape index (κ1) is 19.0. The maximum absolute atomic E-state index is 13.2. The van der Waals surface area contributed by atoms with E-state index in [1.807, 2.05) is 31.2 Å². The lowest BCUT2D eigenvalue weighted by Gasteiger charge is -2.04. The van der Waals surface area contributed by atoms with E-state index >= 15 is 0 Å². The third-order valence-electron chi connectivity index (χ3n) is 3.38. The van der Waals surface area contributed by atoms with Crippen LogP contribution in [0.5, 0.6) is 0 Å². The van der Waals surface area contributed by atoms with E-state index in [1.54, 1.807) is 0 Å². The van der Waals surface area contributed by atoms with E-state index in [1.165, 1.54) is 30.0 Å². The van der Waals surface area contributed by atoms with Crippen molar-refractivity contribution in [1.29, 1.82) is 0 Å². The molecule has 6 nitrogen and oxygen atoms in total. The molecule has 3 rings (SSSR count). The number of hydrogen-bond donors (Lipinski definition) is 2. The van der Waals surface area contributed by atoms with E-state index in [4.69, 9.17) is 0 Å². The van der Waals surface area contributed by atoms with Gasteiger partial charge in [-0.15, -0.1) is 10.2 Å². The van der Waals surface area contributed by atoms with Gasteiger partial charge < -0.3 is 5.32 Å². The van der Waals surface area contributed by atoms with Crippen molar-refractivity contribution in [2.75, 3.05) is 16.4 Å². The minimum atomic E-state index is -0.490. The summed E-state index contributed by atoms with van der Waals surface area (Å²) in [7, 11) is 0. The molecule has 1 aromatic heterocycles. The van der Waals surface area contributed by atoms with Gasteiger partial charge in [-0.2, -0.15) is 0 Å². The number of carbonyl (C=O) groups is 2. The van der Waals surface area contributed by atoms with Gasteiger partial charge in [-0.3, -0.25) is 14.9 Å². The molecule has 0 fully saturated rings. The summed E-state index contributed by atoms with van der Waals surface area (Å²) in [5.74, 6) is -0.958. The van der Waals surface area contributed by atoms with E-state index < -0.39 is 11.7 Å². The predicted octanol–water partition coefficient (Wildman–Crippen LogP) is 3.97. The summed E-state index contributed by atoms with van der Waals surface area (Å²) in [6.45, 7) is 1.97. The van der Waals surface area contributed by atoms with Crippen LogP contribution in [0, 0.1) is 12.7 Å². The van der Waals surface area contributed by atoms with Crippen molar-refractivity contribution in [3.63, 3.8) is 0 Å². The van der Waals surface area contributed by atoms with Crippen molar-refractivity contribution < 1.29 is 14.0 Å². The van der Waals surface area contributed by atoms with Crippen LogP contribution >= 0.6 is 23.1 Å². The van der Waals surface area contributed by atoms with Crippen LogP contribution in [0.25, 0.3) is 0 Å². The third-order valence-corrected chi connectivity index (χ3v) is 5.35. The molecule has 0 radical (unpaired) electrons. The van der Waals surface area contributed by atoms with Gasteiger partial charge in [0.25, 0.3) is 5.91 Å². The molecule has 3 aromatic rings. The number of aryl methyl sites for hydroxylation is 1. The maximum Gasteiger partial charge on any atom is 0.257 e. The summed E-state index contributed by atoms with van der Waals surface area (Å²) in [4.78, 5) is 24.1. The maximum atomic E-state index is 13.2. The fourth-order valence-corrected chi connectivity index (χ4v) is 3.63. The molecule has 0 saturated heterocycles. The predicted molar refractivity (Wildman–Crippen MR) is 105 cm³/mol. The van der Waals surface area contributed by atoms with E-state index in [2.05, 4.69) is 20.8 Å². The van der Waals surface area contributed by atoms with Crippen molar-refractivity contribution in [1.82, 2.24) is 10.2 Å². The Balaban J connectivity index is 1.51. The second-order valence-electron chi connectivity index (χ2n) is 5.54. The molecule has 0 aliphatic heterocycles. The van der Waals surface area contributed by atoms with Gasteiger partial charge in [0.05, 0.1) is 5.75 Å². The highest BCUT2D eigenvalue weighted by atomic mass is 32.2. The van der Waals surface area contributed by atoms with Gasteiger partial charge in [0.15, 0.2) is 4.34 Å². The van der Waals surface area contributed by atoms with E-state index in [0.717, 1.165) is 28.7 Å². The minimum absolute atomic E-state index is 0.163. The van der Waals surface area contributed by atoms with Gasteiger partial charge in [-0.25, -0.2) is 4.39 Å². The summed E-state index contributed by atoms with van der Waals surface area (Å²) in [5, 5.41) is 13.4. The SMILES string of the molecule is Cc1ccc(NC(=O)CSc2nnc(NC(=O)c3cccc(F)c3)s2)cc1. The molecule has 2 N–H and O–H groups in total. The normalized spacial score (nSPS) is 10.4. The van der Waals surface area contributed by atoms with E-state index in [-0.39, 0.29) is 22.4 Å². The highest BCUT2D eigenvalue weighted by Gasteiger charge is 2.12. The smallest absolute Gasteiger partial charge is 0.257 e. The Bertz CT molecular complexity index is 960. The standard InChI is InChI=1S/C18H15FN4O2S2/c1-11-5-7-14(8-6-11)20-15(24)10-26-18-23-22-17(27-18)21-16(25)12-3-2-4-13(19)9-12/h2-9H,10H2,1H3,(H,20,24)(H,21,22,25). The molecule has 0 saturated carbocycles. The second-order valence-corrected chi connectivity index (χ2v) is 7.74. The minimum Gasteiger partial charge on any atom is -0.325 e. The van der Waals surface area contributed by atoms with Crippen LogP contribution in [0.1, 0.15) is 15.9 Å². The number of halogens is 1. The van der Waals surface area contributed by atoms with E-state index in [9.17, 15) is 14.0 Å². The number of thioether (sulfide) groups is 1. The average molecular weight is 402 g/mol. The Labute approximate surface area is 163 Å². The molecule has 0 bridgehead atoms. The molecule has 0 spiro atoms. The summed E-state index contributed by atoms with van der Waals surface area (Å²) >= 11 is 2.36. The molecule has 138 valence electrons. The zero-order chi connectivity index (χ0) is 19.2. The van der Waals surface area contributed by atoms with Gasteiger partial charge >= 0.3 is 0 Å². The summed E-state index contributed by atoms with van der Waals surface area (Å²) in [6.07, 6.45) is 0. The van der Waals surface area contributed by atoms with Gasteiger partial charge in [0.1, 0.15) is 5.82 Å². The molecule has 0 aliphatic carbocycles. The Morgan fingerprint density at radius 3 is 2.63 bits per heavy atom. The monoisotopic (exact) mass is 402 g/mol. The lowest BCUT2D eigenvalue weighted by Crippen LogP contribution is -2.13. The number of benzene rings is 2. The quantitative estimate of drug-likeness (QED) is 0.481. The highest BCUT2D eigenvalue weighted by Crippen LogP contribution is 2.26. The van der Waals surface area contributed by atoms with Gasteiger partial charge in [0.2, 0.25) is 11.0 Å². The number of hydrogen-bond acceptors (Lipinski definition) is 6. The molecular formula is C18H15FN4O2S2. The molecule has 2 aromatic carbocycles. The third kappa shape index (κ3) is 5.60. The number of aromatic nitrogens is 2. The van der Waals surface area contributed by atoms with Crippen molar-refractivity contribution in [3.8, 4) is 0 Å². The van der Waals surface area contributed by atoms with Crippen molar-refractivity contribution in [2.24, 2.45) is 0 Å². The average Bonchev–Trinajstić information content (AvgIpc) is 3.09. The van der Waals surface area contributed by atoms with Gasteiger partial charge in [-0.1, -0.05) is 46.9 Å². The first-order chi connectivity index (χ1) is 13.0. The molecule has 2 amide bonds. The fraction of sp³-hybridized carbons (Fsp3) is 0.111. The topological polar surface area (TPSA) is 84.0 Å². The zero-order valence-electron chi connectivity index (χ0n) is 14.2. The van der Waals surface area contributed by atoms with E-state index in [0.29, 0.717) is 4.34 Å². The number of amides is 2. The van der Waals surface area contributed by atoms with Crippen LogP contribution in [-0.4, -0.2) is 27.8 Å². The fourth-order valence-electron chi connectivity index (χ4n) is 2.08. The second kappa shape index (κ2) is 8.74. The van der Waals surface area contributed by atoms with Gasteiger partial charge in [-0.05, 0) is 37.3 Å². The van der Waals surface area contributed by atoms with Crippen LogP contribution < -0.4 is 10.6 Å². The number of nitrogens with one attached hydrogen (secondary N) is 2. The molecule has 1 heterocycles. The number of nitrogens with zero attached hydrogens (tertiary/aromatic N) is 2. The summed E-state index contributed by atoms with van der Waals surface area (Å²) in [5.41, 5.74) is 2.03. The zero-order valence-corrected chi connectivity index (χ0v) is 15.9. The molecule has 0 atom stereocenters. The lowest BCUT2D eigenvalue weighted by atomic mass is 10.2. The Morgan fingerprint density at radius 2 is 1.89 bits per heavy atom. The Morgan fingerprint density at radius 1 is 1.11 bits per heavy atom. The van der Waals surface area contributed by atoms with Crippen LogP contribution in [0.4, 0.5) is 15.2 Å². The first-order valence-corrected chi connectivity index (χ1v) is 9.69.